The van der Waals surface area contributed by atoms with E-state index in [1.165, 1.54) is 11.3 Å². The largest absolute Gasteiger partial charge is 0.496 e. The molecular weight excluding hydrogens is 436 g/mol. The highest BCUT2D eigenvalue weighted by Gasteiger charge is 2.46. The summed E-state index contributed by atoms with van der Waals surface area (Å²) in [6, 6.07) is 19.6. The summed E-state index contributed by atoms with van der Waals surface area (Å²) in [5.74, 6) is 0.238. The number of thiazole rings is 1. The zero-order chi connectivity index (χ0) is 22.7. The van der Waals surface area contributed by atoms with Crippen LogP contribution in [0.1, 0.15) is 33.3 Å². The van der Waals surface area contributed by atoms with Crippen molar-refractivity contribution in [2.24, 2.45) is 0 Å². The molecule has 1 amide bonds. The molecule has 0 N–H and O–H groups in total. The molecule has 162 valence electrons. The van der Waals surface area contributed by atoms with Gasteiger partial charge in [-0.15, -0.1) is 0 Å². The van der Waals surface area contributed by atoms with Crippen LogP contribution >= 0.6 is 11.3 Å². The van der Waals surface area contributed by atoms with Gasteiger partial charge in [-0.25, -0.2) is 4.98 Å². The summed E-state index contributed by atoms with van der Waals surface area (Å²) >= 11 is 1.41. The average Bonchev–Trinajstić information content (AvgIpc) is 3.37. The number of amides is 1. The van der Waals surface area contributed by atoms with Crippen LogP contribution in [0.3, 0.4) is 0 Å². The molecule has 0 aliphatic carbocycles. The average molecular weight is 455 g/mol. The van der Waals surface area contributed by atoms with Crippen LogP contribution in [0.2, 0.25) is 0 Å². The Morgan fingerprint density at radius 3 is 2.67 bits per heavy atom. The van der Waals surface area contributed by atoms with Crippen molar-refractivity contribution >= 4 is 43.6 Å². The summed E-state index contributed by atoms with van der Waals surface area (Å²) < 4.78 is 12.6. The Bertz CT molecular complexity index is 1640. The Morgan fingerprint density at radius 2 is 1.82 bits per heavy atom. The van der Waals surface area contributed by atoms with Gasteiger partial charge in [0.2, 0.25) is 5.76 Å². The number of benzene rings is 3. The first-order valence-electron chi connectivity index (χ1n) is 10.5. The molecule has 33 heavy (non-hydrogen) atoms. The lowest BCUT2D eigenvalue weighted by Crippen LogP contribution is -2.29. The van der Waals surface area contributed by atoms with Gasteiger partial charge in [0.05, 0.1) is 28.3 Å². The van der Waals surface area contributed by atoms with Gasteiger partial charge in [0, 0.05) is 5.56 Å². The molecule has 1 aliphatic heterocycles. The second-order valence-corrected chi connectivity index (χ2v) is 8.97. The van der Waals surface area contributed by atoms with Gasteiger partial charge in [-0.2, -0.15) is 0 Å². The summed E-state index contributed by atoms with van der Waals surface area (Å²) in [5, 5.41) is 0.942. The molecule has 0 saturated heterocycles. The molecule has 0 spiro atoms. The van der Waals surface area contributed by atoms with E-state index in [-0.39, 0.29) is 17.1 Å². The van der Waals surface area contributed by atoms with E-state index in [0.29, 0.717) is 33.0 Å². The molecule has 1 atom stereocenters. The van der Waals surface area contributed by atoms with Crippen molar-refractivity contribution in [3.05, 3.63) is 99.4 Å². The molecule has 0 radical (unpaired) electrons. The molecule has 3 aromatic carbocycles. The number of aromatic nitrogens is 1. The molecule has 7 heteroatoms. The summed E-state index contributed by atoms with van der Waals surface area (Å²) in [6.07, 6.45) is 0. The smallest absolute Gasteiger partial charge is 0.297 e. The summed E-state index contributed by atoms with van der Waals surface area (Å²) in [6.45, 7) is 2.02. The van der Waals surface area contributed by atoms with Crippen LogP contribution in [-0.4, -0.2) is 18.0 Å². The lowest BCUT2D eigenvalue weighted by molar-refractivity contribution is 0.0971. The zero-order valence-corrected chi connectivity index (χ0v) is 18.7. The quantitative estimate of drug-likeness (QED) is 0.361. The molecule has 0 unspecified atom stereocenters. The first kappa shape index (κ1) is 19.7. The van der Waals surface area contributed by atoms with E-state index < -0.39 is 6.04 Å². The lowest BCUT2D eigenvalue weighted by atomic mass is 9.98. The minimum absolute atomic E-state index is 0.0463. The van der Waals surface area contributed by atoms with Gasteiger partial charge >= 0.3 is 0 Å². The van der Waals surface area contributed by atoms with Crippen molar-refractivity contribution in [3.63, 3.8) is 0 Å². The normalized spacial score (nSPS) is 15.4. The lowest BCUT2D eigenvalue weighted by Gasteiger charge is -2.24. The summed E-state index contributed by atoms with van der Waals surface area (Å²) in [7, 11) is 1.57. The van der Waals surface area contributed by atoms with Crippen LogP contribution in [-0.2, 0) is 0 Å². The third-order valence-corrected chi connectivity index (χ3v) is 6.97. The molecule has 5 aromatic rings. The minimum Gasteiger partial charge on any atom is -0.496 e. The van der Waals surface area contributed by atoms with Gasteiger partial charge < -0.3 is 9.15 Å². The third kappa shape index (κ3) is 2.89. The van der Waals surface area contributed by atoms with Crippen LogP contribution in [0.15, 0.2) is 75.9 Å². The Kier molecular flexibility index (Phi) is 4.35. The van der Waals surface area contributed by atoms with Crippen molar-refractivity contribution in [1.29, 1.82) is 0 Å². The first-order valence-corrected chi connectivity index (χ1v) is 11.3. The molecule has 0 bridgehead atoms. The SMILES string of the molecule is COc1ccccc1[C@H]1c2c(oc3ccccc3c2=O)C(=O)N1c1nc2ccc(C)cc2s1. The highest BCUT2D eigenvalue weighted by molar-refractivity contribution is 7.22. The number of methoxy groups -OCH3 is 1. The molecule has 3 heterocycles. The van der Waals surface area contributed by atoms with Crippen LogP contribution in [0.4, 0.5) is 5.13 Å². The maximum absolute atomic E-state index is 13.7. The van der Waals surface area contributed by atoms with Crippen molar-refractivity contribution < 1.29 is 13.9 Å². The highest BCUT2D eigenvalue weighted by Crippen LogP contribution is 2.45. The van der Waals surface area contributed by atoms with E-state index in [9.17, 15) is 9.59 Å². The van der Waals surface area contributed by atoms with E-state index in [2.05, 4.69) is 0 Å². The predicted molar refractivity (Wildman–Crippen MR) is 128 cm³/mol. The van der Waals surface area contributed by atoms with E-state index >= 15 is 0 Å². The van der Waals surface area contributed by atoms with E-state index in [1.54, 1.807) is 36.3 Å². The number of carbonyl (C=O) groups is 1. The molecule has 6 rings (SSSR count). The summed E-state index contributed by atoms with van der Waals surface area (Å²) in [4.78, 5) is 33.7. The Morgan fingerprint density at radius 1 is 1.03 bits per heavy atom. The second-order valence-electron chi connectivity index (χ2n) is 7.96. The van der Waals surface area contributed by atoms with Crippen LogP contribution in [0, 0.1) is 6.92 Å². The van der Waals surface area contributed by atoms with Gasteiger partial charge in [-0.1, -0.05) is 47.7 Å². The van der Waals surface area contributed by atoms with Gasteiger partial charge in [-0.3, -0.25) is 14.5 Å². The second kappa shape index (κ2) is 7.28. The molecule has 1 aliphatic rings. The maximum Gasteiger partial charge on any atom is 0.297 e. The number of ether oxygens (including phenoxy) is 1. The first-order chi connectivity index (χ1) is 16.1. The Hall–Kier alpha value is -3.97. The number of nitrogens with zero attached hydrogens (tertiary/aromatic N) is 2. The number of hydrogen-bond donors (Lipinski definition) is 0. The van der Waals surface area contributed by atoms with Crippen LogP contribution in [0.5, 0.6) is 5.75 Å². The summed E-state index contributed by atoms with van der Waals surface area (Å²) in [5.41, 5.74) is 3.07. The van der Waals surface area contributed by atoms with Crippen molar-refractivity contribution in [1.82, 2.24) is 4.98 Å². The van der Waals surface area contributed by atoms with Crippen LogP contribution in [0.25, 0.3) is 21.2 Å². The number of fused-ring (bicyclic) bond motifs is 3. The van der Waals surface area contributed by atoms with Crippen molar-refractivity contribution in [2.75, 3.05) is 12.0 Å². The standard InChI is InChI=1S/C26H18N2O4S/c1-14-11-12-17-20(13-14)33-26(27-17)28-22(15-7-3-5-9-18(15)31-2)21-23(29)16-8-4-6-10-19(16)32-24(21)25(28)30/h3-13,22H,1-2H3/t22-/m0/s1. The number of aryl methyl sites for hydroxylation is 1. The number of rotatable bonds is 3. The number of para-hydroxylation sites is 2. The highest BCUT2D eigenvalue weighted by atomic mass is 32.1. The Labute approximate surface area is 192 Å². The van der Waals surface area contributed by atoms with Crippen LogP contribution < -0.4 is 15.1 Å². The Balaban J connectivity index is 1.66. The zero-order valence-electron chi connectivity index (χ0n) is 17.9. The molecule has 0 saturated carbocycles. The van der Waals surface area contributed by atoms with Crippen molar-refractivity contribution in [3.8, 4) is 5.75 Å². The molecule has 6 nitrogen and oxygen atoms in total. The fourth-order valence-electron chi connectivity index (χ4n) is 4.43. The van der Waals surface area contributed by atoms with Crippen molar-refractivity contribution in [2.45, 2.75) is 13.0 Å². The van der Waals surface area contributed by atoms with E-state index in [1.807, 2.05) is 49.4 Å². The van der Waals surface area contributed by atoms with Gasteiger partial charge in [0.1, 0.15) is 17.4 Å². The predicted octanol–water partition coefficient (Wildman–Crippen LogP) is 5.47. The fourth-order valence-corrected chi connectivity index (χ4v) is 5.52. The maximum atomic E-state index is 13.7. The molecular formula is C26H18N2O4S. The number of anilines is 1. The molecule has 0 fully saturated rings. The van der Waals surface area contributed by atoms with E-state index in [4.69, 9.17) is 14.1 Å². The molecule has 2 aromatic heterocycles. The van der Waals surface area contributed by atoms with E-state index in [0.717, 1.165) is 15.8 Å². The van der Waals surface area contributed by atoms with Gasteiger partial charge in [-0.05, 0) is 42.8 Å². The minimum atomic E-state index is -0.717. The third-order valence-electron chi connectivity index (χ3n) is 5.95. The van der Waals surface area contributed by atoms with Gasteiger partial charge in [0.25, 0.3) is 5.91 Å². The monoisotopic (exact) mass is 454 g/mol. The number of hydrogen-bond acceptors (Lipinski definition) is 6. The van der Waals surface area contributed by atoms with Gasteiger partial charge in [0.15, 0.2) is 10.6 Å². The topological polar surface area (TPSA) is 72.6 Å². The fraction of sp³-hybridized carbons (Fsp3) is 0.115. The number of carbonyl (C=O) groups excluding carboxylic acids is 1.